The lowest BCUT2D eigenvalue weighted by molar-refractivity contribution is -0.119. The predicted molar refractivity (Wildman–Crippen MR) is 65.2 cm³/mol. The van der Waals surface area contributed by atoms with Crippen molar-refractivity contribution in [2.24, 2.45) is 0 Å². The minimum atomic E-state index is 0. The van der Waals surface area contributed by atoms with Gasteiger partial charge in [0.25, 0.3) is 0 Å². The van der Waals surface area contributed by atoms with E-state index in [-0.39, 0.29) is 12.4 Å². The molecular weight excluding hydrogens is 196 g/mol. The van der Waals surface area contributed by atoms with Gasteiger partial charge in [-0.25, -0.2) is 0 Å². The van der Waals surface area contributed by atoms with Crippen molar-refractivity contribution in [2.45, 2.75) is 71.6 Å². The van der Waals surface area contributed by atoms with Crippen molar-refractivity contribution >= 4 is 18.2 Å². The van der Waals surface area contributed by atoms with Crippen LogP contribution in [-0.2, 0) is 4.79 Å². The number of Topliss-reactive ketones (excluding diaryl/α,β-unsaturated/α-hetero) is 1. The van der Waals surface area contributed by atoms with Gasteiger partial charge in [-0.2, -0.15) is 0 Å². The van der Waals surface area contributed by atoms with Gasteiger partial charge >= 0.3 is 0 Å². The van der Waals surface area contributed by atoms with Crippen LogP contribution < -0.4 is 0 Å². The largest absolute Gasteiger partial charge is 0.300 e. The molecule has 0 aromatic rings. The lowest BCUT2D eigenvalue weighted by Gasteiger charge is -1.99. The third-order valence-corrected chi connectivity index (χ3v) is 2.37. The van der Waals surface area contributed by atoms with Crippen molar-refractivity contribution in [3.63, 3.8) is 0 Å². The fourth-order valence-corrected chi connectivity index (χ4v) is 1.42. The highest BCUT2D eigenvalue weighted by atomic mass is 35.5. The number of carbonyl (C=O) groups excluding carboxylic acids is 1. The van der Waals surface area contributed by atoms with E-state index >= 15 is 0 Å². The number of hydrogen-bond acceptors (Lipinski definition) is 1. The molecule has 0 unspecified atom stereocenters. The average Bonchev–Trinajstić information content (AvgIpc) is 2.14. The molecule has 1 nitrogen and oxygen atoms in total. The molecule has 0 atom stereocenters. The molecule has 0 amide bonds. The first-order valence-electron chi connectivity index (χ1n) is 5.83. The zero-order valence-electron chi connectivity index (χ0n) is 9.68. The van der Waals surface area contributed by atoms with E-state index in [2.05, 4.69) is 13.8 Å². The number of carbonyl (C=O) groups is 1. The standard InChI is InChI=1S/C12H24O.ClH/c1-3-5-7-8-9-11-12(13)10-6-4-2;/h3-11H2,1-2H3;1H. The Morgan fingerprint density at radius 3 is 1.86 bits per heavy atom. The monoisotopic (exact) mass is 220 g/mol. The summed E-state index contributed by atoms with van der Waals surface area (Å²) in [7, 11) is 0. The topological polar surface area (TPSA) is 17.1 Å². The Balaban J connectivity index is 0. The second-order valence-electron chi connectivity index (χ2n) is 3.81. The first kappa shape index (κ1) is 16.4. The van der Waals surface area contributed by atoms with Gasteiger partial charge in [-0.15, -0.1) is 12.4 Å². The number of unbranched alkanes of at least 4 members (excludes halogenated alkanes) is 5. The predicted octanol–water partition coefficient (Wildman–Crippen LogP) is 4.53. The molecule has 0 fully saturated rings. The van der Waals surface area contributed by atoms with E-state index in [0.29, 0.717) is 5.78 Å². The summed E-state index contributed by atoms with van der Waals surface area (Å²) >= 11 is 0. The van der Waals surface area contributed by atoms with Crippen molar-refractivity contribution < 1.29 is 4.79 Å². The quantitative estimate of drug-likeness (QED) is 0.522. The normalized spacial score (nSPS) is 9.57. The lowest BCUT2D eigenvalue weighted by atomic mass is 10.1. The molecular formula is C12H25ClO. The molecule has 2 heteroatoms. The minimum absolute atomic E-state index is 0. The molecule has 0 aliphatic rings. The minimum Gasteiger partial charge on any atom is -0.300 e. The maximum absolute atomic E-state index is 11.2. The first-order valence-corrected chi connectivity index (χ1v) is 5.83. The Hall–Kier alpha value is -0.0400. The highest BCUT2D eigenvalue weighted by Gasteiger charge is 1.99. The Kier molecular flexibility index (Phi) is 15.2. The van der Waals surface area contributed by atoms with Crippen LogP contribution in [0.2, 0.25) is 0 Å². The zero-order chi connectivity index (χ0) is 9.94. The van der Waals surface area contributed by atoms with E-state index in [1.54, 1.807) is 0 Å². The van der Waals surface area contributed by atoms with E-state index < -0.39 is 0 Å². The zero-order valence-corrected chi connectivity index (χ0v) is 10.5. The fourth-order valence-electron chi connectivity index (χ4n) is 1.42. The Morgan fingerprint density at radius 1 is 0.786 bits per heavy atom. The summed E-state index contributed by atoms with van der Waals surface area (Å²) in [5.41, 5.74) is 0. The Morgan fingerprint density at radius 2 is 1.29 bits per heavy atom. The van der Waals surface area contributed by atoms with E-state index in [1.807, 2.05) is 0 Å². The van der Waals surface area contributed by atoms with E-state index in [9.17, 15) is 4.79 Å². The van der Waals surface area contributed by atoms with Crippen LogP contribution in [0.5, 0.6) is 0 Å². The van der Waals surface area contributed by atoms with Crippen LogP contribution in [0.3, 0.4) is 0 Å². The Labute approximate surface area is 95.1 Å². The van der Waals surface area contributed by atoms with Gasteiger partial charge in [0.15, 0.2) is 0 Å². The van der Waals surface area contributed by atoms with E-state index in [4.69, 9.17) is 0 Å². The summed E-state index contributed by atoms with van der Waals surface area (Å²) < 4.78 is 0. The number of ketones is 1. The maximum Gasteiger partial charge on any atom is 0.132 e. The van der Waals surface area contributed by atoms with Crippen LogP contribution in [0.4, 0.5) is 0 Å². The highest BCUT2D eigenvalue weighted by molar-refractivity contribution is 5.85. The second kappa shape index (κ2) is 13.0. The lowest BCUT2D eigenvalue weighted by Crippen LogP contribution is -1.96. The molecule has 0 aliphatic carbocycles. The molecule has 86 valence electrons. The average molecular weight is 221 g/mol. The summed E-state index contributed by atoms with van der Waals surface area (Å²) in [4.78, 5) is 11.2. The van der Waals surface area contributed by atoms with Crippen LogP contribution in [0.25, 0.3) is 0 Å². The molecule has 0 N–H and O–H groups in total. The molecule has 0 saturated heterocycles. The number of hydrogen-bond donors (Lipinski definition) is 0. The van der Waals surface area contributed by atoms with Gasteiger partial charge in [-0.3, -0.25) is 4.79 Å². The van der Waals surface area contributed by atoms with E-state index in [1.165, 1.54) is 25.7 Å². The summed E-state index contributed by atoms with van der Waals surface area (Å²) in [6.07, 6.45) is 10.1. The van der Waals surface area contributed by atoms with Crippen molar-refractivity contribution in [1.29, 1.82) is 0 Å². The van der Waals surface area contributed by atoms with Crippen molar-refractivity contribution in [1.82, 2.24) is 0 Å². The highest BCUT2D eigenvalue weighted by Crippen LogP contribution is 2.07. The van der Waals surface area contributed by atoms with Crippen molar-refractivity contribution in [3.05, 3.63) is 0 Å². The van der Waals surface area contributed by atoms with Crippen LogP contribution in [0.1, 0.15) is 71.6 Å². The Bertz CT molecular complexity index is 123. The maximum atomic E-state index is 11.2. The molecule has 0 aromatic carbocycles. The summed E-state index contributed by atoms with van der Waals surface area (Å²) in [5.74, 6) is 0.471. The van der Waals surface area contributed by atoms with Crippen molar-refractivity contribution in [2.75, 3.05) is 0 Å². The molecule has 0 rings (SSSR count). The molecule has 0 heterocycles. The summed E-state index contributed by atoms with van der Waals surface area (Å²) in [6.45, 7) is 4.35. The summed E-state index contributed by atoms with van der Waals surface area (Å²) in [5, 5.41) is 0. The molecule has 0 aromatic heterocycles. The van der Waals surface area contributed by atoms with Crippen LogP contribution >= 0.6 is 12.4 Å². The third kappa shape index (κ3) is 12.0. The van der Waals surface area contributed by atoms with Gasteiger partial charge < -0.3 is 0 Å². The smallest absolute Gasteiger partial charge is 0.132 e. The molecule has 0 spiro atoms. The van der Waals surface area contributed by atoms with Crippen LogP contribution in [0, 0.1) is 0 Å². The van der Waals surface area contributed by atoms with Gasteiger partial charge in [0, 0.05) is 12.8 Å². The summed E-state index contributed by atoms with van der Waals surface area (Å²) in [6, 6.07) is 0. The van der Waals surface area contributed by atoms with Gasteiger partial charge in [0.05, 0.1) is 0 Å². The fraction of sp³-hybridized carbons (Fsp3) is 0.917. The van der Waals surface area contributed by atoms with E-state index in [0.717, 1.165) is 32.1 Å². The molecule has 0 radical (unpaired) electrons. The molecule has 14 heavy (non-hydrogen) atoms. The first-order chi connectivity index (χ1) is 6.31. The molecule has 0 aliphatic heterocycles. The number of halogens is 1. The van der Waals surface area contributed by atoms with Gasteiger partial charge in [-0.1, -0.05) is 46.0 Å². The van der Waals surface area contributed by atoms with Gasteiger partial charge in [0.1, 0.15) is 5.78 Å². The second-order valence-corrected chi connectivity index (χ2v) is 3.81. The third-order valence-electron chi connectivity index (χ3n) is 2.37. The number of rotatable bonds is 9. The van der Waals surface area contributed by atoms with Gasteiger partial charge in [0.2, 0.25) is 0 Å². The van der Waals surface area contributed by atoms with Crippen molar-refractivity contribution in [3.8, 4) is 0 Å². The van der Waals surface area contributed by atoms with Crippen LogP contribution in [0.15, 0.2) is 0 Å². The molecule has 0 saturated carbocycles. The van der Waals surface area contributed by atoms with Gasteiger partial charge in [-0.05, 0) is 12.8 Å². The van der Waals surface area contributed by atoms with Crippen LogP contribution in [-0.4, -0.2) is 5.78 Å². The molecule has 0 bridgehead atoms. The SMILES string of the molecule is CCCCCCCC(=O)CCCC.Cl.